The minimum Gasteiger partial charge on any atom is -0.394 e. The van der Waals surface area contributed by atoms with Gasteiger partial charge >= 0.3 is 0 Å². The molecule has 0 spiro atoms. The highest BCUT2D eigenvalue weighted by molar-refractivity contribution is 5.79. The Kier molecular flexibility index (Phi) is 53.7. The van der Waals surface area contributed by atoms with Crippen molar-refractivity contribution in [2.45, 2.75) is 245 Å². The molecule has 0 saturated carbocycles. The first-order valence-corrected chi connectivity index (χ1v) is 45.6. The maximum atomic E-state index is 13.8. The maximum Gasteiger partial charge on any atom is 0.246 e. The van der Waals surface area contributed by atoms with Crippen LogP contribution >= 0.6 is 0 Å². The summed E-state index contributed by atoms with van der Waals surface area (Å²) in [5, 5.41) is 265. The van der Waals surface area contributed by atoms with Crippen molar-refractivity contribution in [1.82, 2.24) is 21.3 Å². The fourth-order valence-electron chi connectivity index (χ4n) is 15.3. The quantitative estimate of drug-likeness (QED) is 0.0251. The molecule has 0 aromatic carbocycles. The summed E-state index contributed by atoms with van der Waals surface area (Å²) in [5.41, 5.74) is 0. The van der Waals surface area contributed by atoms with Crippen LogP contribution in [0.15, 0.2) is 0 Å². The van der Waals surface area contributed by atoms with E-state index in [0.29, 0.717) is 0 Å². The number of carbonyl (C=O) groups is 4. The van der Waals surface area contributed by atoms with Crippen molar-refractivity contribution in [2.75, 3.05) is 238 Å². The lowest BCUT2D eigenvalue weighted by Crippen LogP contribution is -2.69. The second kappa shape index (κ2) is 62.9. The van der Waals surface area contributed by atoms with Crippen molar-refractivity contribution in [3.05, 3.63) is 0 Å². The number of hydrogen-bond acceptors (Lipinski definition) is 56. The Morgan fingerprint density at radius 2 is 0.364 bits per heavy atom. The monoisotopic (exact) mass is 2050 g/mol. The van der Waals surface area contributed by atoms with Gasteiger partial charge in [-0.25, -0.2) is 0 Å². The molecule has 9 rings (SSSR count). The van der Waals surface area contributed by atoms with E-state index in [-0.39, 0.29) is 159 Å². The third-order valence-corrected chi connectivity index (χ3v) is 23.2. The summed E-state index contributed by atoms with van der Waals surface area (Å²) in [5.74, 6) is -3.86. The van der Waals surface area contributed by atoms with E-state index in [1.54, 1.807) is 0 Å². The van der Waals surface area contributed by atoms with Gasteiger partial charge in [-0.2, -0.15) is 0 Å². The largest absolute Gasteiger partial charge is 0.394 e. The first-order valence-electron chi connectivity index (χ1n) is 45.6. The molecule has 9 aliphatic heterocycles. The van der Waals surface area contributed by atoms with Crippen LogP contribution in [0.4, 0.5) is 0 Å². The average molecular weight is 2050 g/mol. The van der Waals surface area contributed by atoms with Gasteiger partial charge in [-0.3, -0.25) is 19.2 Å². The summed E-state index contributed by atoms with van der Waals surface area (Å²) in [4.78, 5) is 55.1. The van der Waals surface area contributed by atoms with Gasteiger partial charge in [0.15, 0.2) is 50.3 Å². The molecule has 4 amide bonds. The standard InChI is InChI=1S/C80H140N4O56/c85-25-37-53(93)65(105)69(109)77(133-37)125-21-17-117-5-1-113-9-13-121-33-45(89)81-49-61(101)57(97)41-30-130-74-51(83-47(91)35-123-15-11-115-3-7-119-19-23-127-79-71(111)67(107)55(95)39(27-87)135-79)63(103)59(99)43(139-74)32-132-76-52(84-48(92)36-124-16-12-116-4-8-120-20-24-128-80-72(112)68(108)56(96)40(28-88)136-80)64(104)60(100)44(140-76)31-131-75-50(62(102)58(98)42(138-75)29-129-73(49)137-41)82-46(90)34-122-14-10-114-2-6-118-18-22-126-78-70(110)66(106)54(94)38(26-86)134-78/h37-44,49-80,85-88,93-112H,1-36H2,(H,81,89)(H,82,90)(H,83,91)(H,84,92)/t37-,38-,39-,40-,41-,42-,43-,44-,49-,50-,51-,52-,53+,54+,55+,56+,57-,58-,59-,60-,61-,62-,63-,64-,65+,66+,67+,68+,69-,70-,71-,72-,73-,74-,75-,76-,77-,78-,79-,80-/m1/s1. The van der Waals surface area contributed by atoms with Crippen LogP contribution in [0.2, 0.25) is 0 Å². The maximum absolute atomic E-state index is 13.8. The van der Waals surface area contributed by atoms with E-state index in [4.69, 9.17) is 133 Å². The molecule has 28 N–H and O–H groups in total. The third kappa shape index (κ3) is 36.1. The summed E-state index contributed by atoms with van der Waals surface area (Å²) < 4.78 is 158. The van der Waals surface area contributed by atoms with Crippen LogP contribution in [0.5, 0.6) is 0 Å². The zero-order valence-electron chi connectivity index (χ0n) is 76.3. The van der Waals surface area contributed by atoms with Crippen LogP contribution in [0, 0.1) is 0 Å². The molecule has 0 aromatic heterocycles. The molecule has 9 heterocycles. The second-order valence-corrected chi connectivity index (χ2v) is 33.2. The Balaban J connectivity index is 0.848. The zero-order chi connectivity index (χ0) is 101. The van der Waals surface area contributed by atoms with Gasteiger partial charge in [0.05, 0.1) is 211 Å². The van der Waals surface area contributed by atoms with Gasteiger partial charge in [-0.15, -0.1) is 0 Å². The molecule has 816 valence electrons. The molecular formula is C80H140N4O56. The number of nitrogens with one attached hydrogen (secondary N) is 4. The van der Waals surface area contributed by atoms with Gasteiger partial charge in [-0.1, -0.05) is 0 Å². The van der Waals surface area contributed by atoms with Crippen molar-refractivity contribution in [1.29, 1.82) is 0 Å². The number of ether oxygens (including phenoxy) is 28. The zero-order valence-corrected chi connectivity index (χ0v) is 76.3. The topological polar surface area (TPSA) is 860 Å². The SMILES string of the molecule is O=C(COCCOCCOCCO[C@@H]1O[C@H](CO)[C@H](O)[C@H](O)[C@H]1O)N[C@H]1[C@@H]2OC[C@H]3O[C@@H](OC[C@H]4O[C@@H](OC[C@H]5O[C@@H](OC[C@@H](O2)[C@@H](O)[C@@H]1O)[C@H](NC(=O)COCCOCCOCCO[C@@H]1O[C@H](CO)[C@H](O)[C@H](O)[C@H]1O)[C@@H](O)[C@@H]5O)[C@H](NC(=O)COCCOCCOCCO[C@@H]1O[C@H](CO)[C@H](O)[C@H](O)[C@H]1O)[C@@H](O)[C@@H]4O)[C@H](NC(=O)COCCOCCOCCO[C@@H]1O[C@H](CO)[C@H](O)[C@H](O)[C@H]1O)[C@@H](O)[C@@H]3O. The summed E-state index contributed by atoms with van der Waals surface area (Å²) in [6, 6.07) is -7.18. The fraction of sp³-hybridized carbons (Fsp3) is 0.950. The minimum absolute atomic E-state index is 0.00298. The average Bonchev–Trinajstić information content (AvgIpc) is 0.777. The van der Waals surface area contributed by atoms with E-state index in [0.717, 1.165) is 0 Å². The predicted octanol–water partition coefficient (Wildman–Crippen LogP) is -20.7. The van der Waals surface area contributed by atoms with Crippen molar-refractivity contribution in [3.63, 3.8) is 0 Å². The van der Waals surface area contributed by atoms with Crippen molar-refractivity contribution < 1.29 is 274 Å². The van der Waals surface area contributed by atoms with Gasteiger partial charge in [-0.05, 0) is 0 Å². The fourth-order valence-corrected chi connectivity index (χ4v) is 15.3. The van der Waals surface area contributed by atoms with Crippen LogP contribution in [0.25, 0.3) is 0 Å². The smallest absolute Gasteiger partial charge is 0.246 e. The van der Waals surface area contributed by atoms with E-state index < -0.39 is 348 Å². The molecule has 0 aromatic rings. The van der Waals surface area contributed by atoms with Gasteiger partial charge in [0.2, 0.25) is 23.6 Å². The summed E-state index contributed by atoms with van der Waals surface area (Å²) in [6.07, 6.45) is -61.4. The molecule has 9 aliphatic rings. The summed E-state index contributed by atoms with van der Waals surface area (Å²) in [7, 11) is 0. The number of aliphatic hydroxyl groups is 24. The normalized spacial score (nSPS) is 39.0. The van der Waals surface area contributed by atoms with Gasteiger partial charge < -0.3 is 276 Å². The first kappa shape index (κ1) is 119. The number of hydrogen-bond donors (Lipinski definition) is 28. The lowest BCUT2D eigenvalue weighted by Gasteiger charge is -2.47. The molecule has 60 nitrogen and oxygen atoms in total. The summed E-state index contributed by atoms with van der Waals surface area (Å²) >= 11 is 0. The number of carbonyl (C=O) groups excluding carboxylic acids is 4. The van der Waals surface area contributed by atoms with Gasteiger partial charge in [0.1, 0.15) is 222 Å². The highest BCUT2D eigenvalue weighted by Crippen LogP contribution is 2.34. The molecule has 0 aliphatic carbocycles. The molecule has 40 atom stereocenters. The van der Waals surface area contributed by atoms with E-state index in [1.807, 2.05) is 0 Å². The molecule has 9 saturated heterocycles. The van der Waals surface area contributed by atoms with Crippen LogP contribution < -0.4 is 21.3 Å². The van der Waals surface area contributed by atoms with Crippen LogP contribution in [-0.2, 0) is 152 Å². The number of fused-ring (bicyclic) bond motifs is 8. The van der Waals surface area contributed by atoms with Gasteiger partial charge in [0.25, 0.3) is 0 Å². The molecule has 8 bridgehead atoms. The van der Waals surface area contributed by atoms with Gasteiger partial charge in [0, 0.05) is 0 Å². The Bertz CT molecular complexity index is 2990. The summed E-state index contributed by atoms with van der Waals surface area (Å²) in [6.45, 7) is -11.4. The Morgan fingerprint density at radius 1 is 0.200 bits per heavy atom. The van der Waals surface area contributed by atoms with E-state index in [1.165, 1.54) is 0 Å². The predicted molar refractivity (Wildman–Crippen MR) is 443 cm³/mol. The lowest BCUT2D eigenvalue weighted by molar-refractivity contribution is -0.332. The Labute approximate surface area is 800 Å². The number of amides is 4. The van der Waals surface area contributed by atoms with E-state index in [9.17, 15) is 142 Å². The molecular weight excluding hydrogens is 1910 g/mol. The third-order valence-electron chi connectivity index (χ3n) is 23.2. The van der Waals surface area contributed by atoms with Crippen LogP contribution in [0.1, 0.15) is 0 Å². The Morgan fingerprint density at radius 3 is 0.536 bits per heavy atom. The van der Waals surface area contributed by atoms with Crippen molar-refractivity contribution in [3.8, 4) is 0 Å². The lowest BCUT2D eigenvalue weighted by atomic mass is 9.95. The number of rotatable bonds is 56. The highest BCUT2D eigenvalue weighted by atomic mass is 16.8. The molecule has 60 heteroatoms. The van der Waals surface area contributed by atoms with Crippen LogP contribution in [0.3, 0.4) is 0 Å². The highest BCUT2D eigenvalue weighted by Gasteiger charge is 2.56. The van der Waals surface area contributed by atoms with E-state index in [2.05, 4.69) is 21.3 Å². The van der Waals surface area contributed by atoms with Crippen LogP contribution in [-0.4, -0.2) is 629 Å². The van der Waals surface area contributed by atoms with E-state index >= 15 is 0 Å². The second-order valence-electron chi connectivity index (χ2n) is 33.2. The van der Waals surface area contributed by atoms with Crippen molar-refractivity contribution in [2.24, 2.45) is 0 Å². The number of aliphatic hydroxyl groups excluding tert-OH is 24. The minimum atomic E-state index is -2.10. The molecule has 0 radical (unpaired) electrons. The molecule has 140 heavy (non-hydrogen) atoms. The first-order chi connectivity index (χ1) is 67.3. The molecule has 9 fully saturated rings. The van der Waals surface area contributed by atoms with Crippen molar-refractivity contribution >= 4 is 23.6 Å². The Hall–Kier alpha value is -4.20. The molecule has 0 unspecified atom stereocenters.